The van der Waals surface area contributed by atoms with Crippen LogP contribution in [0.2, 0.25) is 0 Å². The molecule has 0 fully saturated rings. The van der Waals surface area contributed by atoms with E-state index in [9.17, 15) is 10.5 Å². The molecule has 50 heavy (non-hydrogen) atoms. The highest BCUT2D eigenvalue weighted by atomic mass is 14.9. The van der Waals surface area contributed by atoms with Gasteiger partial charge in [-0.25, -0.2) is 9.97 Å². The fourth-order valence-corrected chi connectivity index (χ4v) is 6.90. The predicted octanol–water partition coefficient (Wildman–Crippen LogP) is 10.3. The summed E-state index contributed by atoms with van der Waals surface area (Å²) in [6.45, 7) is 0. The van der Waals surface area contributed by atoms with Crippen molar-refractivity contribution in [3.63, 3.8) is 0 Å². The van der Waals surface area contributed by atoms with Crippen LogP contribution in [0.3, 0.4) is 0 Å². The van der Waals surface area contributed by atoms with E-state index in [-0.39, 0.29) is 0 Å². The van der Waals surface area contributed by atoms with Crippen molar-refractivity contribution in [3.05, 3.63) is 157 Å². The third-order valence-electron chi connectivity index (χ3n) is 9.16. The molecule has 0 unspecified atom stereocenters. The third-order valence-corrected chi connectivity index (χ3v) is 9.16. The van der Waals surface area contributed by atoms with Crippen molar-refractivity contribution in [1.82, 2.24) is 19.9 Å². The number of hydrogen-bond acceptors (Lipinski definition) is 6. The highest BCUT2D eigenvalue weighted by Gasteiger charge is 2.18. The molecule has 0 saturated carbocycles. The van der Waals surface area contributed by atoms with Crippen molar-refractivity contribution >= 4 is 43.5 Å². The normalized spacial score (nSPS) is 11.2. The molecule has 0 aliphatic rings. The molecule has 6 aromatic carbocycles. The van der Waals surface area contributed by atoms with Gasteiger partial charge in [-0.1, -0.05) is 78.9 Å². The van der Waals surface area contributed by atoms with Gasteiger partial charge in [0.05, 0.1) is 45.5 Å². The van der Waals surface area contributed by atoms with Crippen LogP contribution in [-0.4, -0.2) is 19.9 Å². The van der Waals surface area contributed by atoms with Crippen LogP contribution in [0.15, 0.2) is 146 Å². The molecule has 0 bridgehead atoms. The molecule has 9 rings (SSSR count). The van der Waals surface area contributed by atoms with Crippen LogP contribution >= 0.6 is 0 Å². The maximum Gasteiger partial charge on any atom is 0.160 e. The van der Waals surface area contributed by atoms with Crippen molar-refractivity contribution in [2.75, 3.05) is 0 Å². The molecule has 0 N–H and O–H groups in total. The number of aromatic nitrogens is 4. The number of pyridine rings is 2. The number of fused-ring (bicyclic) bond motifs is 6. The SMILES string of the molecule is N#Cc1cc(C#N)cc(-c2cc3c4cccnc4c(-c4cccc(-c5nc(-c6ccccc6)c6ccccc6n5)c4)cc3c3cccnc23)c1. The Kier molecular flexibility index (Phi) is 6.79. The number of para-hydroxylation sites is 1. The maximum absolute atomic E-state index is 9.71. The molecule has 0 saturated heterocycles. The van der Waals surface area contributed by atoms with Crippen molar-refractivity contribution in [2.45, 2.75) is 0 Å². The lowest BCUT2D eigenvalue weighted by molar-refractivity contribution is 1.23. The quantitative estimate of drug-likeness (QED) is 0.178. The number of nitrogens with zero attached hydrogens (tertiary/aromatic N) is 6. The van der Waals surface area contributed by atoms with E-state index in [2.05, 4.69) is 72.8 Å². The summed E-state index contributed by atoms with van der Waals surface area (Å²) in [5, 5.41) is 24.4. The van der Waals surface area contributed by atoms with Crippen LogP contribution < -0.4 is 0 Å². The van der Waals surface area contributed by atoms with E-state index in [1.807, 2.05) is 72.9 Å². The second-order valence-corrected chi connectivity index (χ2v) is 12.1. The van der Waals surface area contributed by atoms with Crippen molar-refractivity contribution < 1.29 is 0 Å². The molecule has 0 spiro atoms. The van der Waals surface area contributed by atoms with E-state index < -0.39 is 0 Å². The van der Waals surface area contributed by atoms with E-state index in [0.717, 1.165) is 82.6 Å². The van der Waals surface area contributed by atoms with Gasteiger partial charge >= 0.3 is 0 Å². The van der Waals surface area contributed by atoms with E-state index in [4.69, 9.17) is 19.9 Å². The van der Waals surface area contributed by atoms with Gasteiger partial charge in [-0.2, -0.15) is 10.5 Å². The second-order valence-electron chi connectivity index (χ2n) is 12.1. The topological polar surface area (TPSA) is 99.1 Å². The van der Waals surface area contributed by atoms with Crippen molar-refractivity contribution in [1.29, 1.82) is 10.5 Å². The average Bonchev–Trinajstić information content (AvgIpc) is 3.19. The smallest absolute Gasteiger partial charge is 0.160 e. The molecule has 9 aromatic rings. The Labute approximate surface area is 287 Å². The monoisotopic (exact) mass is 636 g/mol. The zero-order valence-electron chi connectivity index (χ0n) is 26.5. The minimum atomic E-state index is 0.427. The van der Waals surface area contributed by atoms with Gasteiger partial charge in [-0.05, 0) is 76.5 Å². The lowest BCUT2D eigenvalue weighted by Gasteiger charge is -2.15. The Balaban J connectivity index is 1.28. The Morgan fingerprint density at radius 2 is 1.00 bits per heavy atom. The predicted molar refractivity (Wildman–Crippen MR) is 199 cm³/mol. The first-order valence-corrected chi connectivity index (χ1v) is 16.2. The van der Waals surface area contributed by atoms with Gasteiger partial charge in [0.25, 0.3) is 0 Å². The average molecular weight is 637 g/mol. The molecule has 0 aliphatic carbocycles. The van der Waals surface area contributed by atoms with Gasteiger partial charge in [0.2, 0.25) is 0 Å². The van der Waals surface area contributed by atoms with E-state index in [0.29, 0.717) is 17.0 Å². The summed E-state index contributed by atoms with van der Waals surface area (Å²) < 4.78 is 0. The lowest BCUT2D eigenvalue weighted by atomic mass is 9.90. The molecular weight excluding hydrogens is 613 g/mol. The highest BCUT2D eigenvalue weighted by molar-refractivity contribution is 6.22. The molecular formula is C44H24N6. The summed E-state index contributed by atoms with van der Waals surface area (Å²) in [6.07, 6.45) is 3.59. The summed E-state index contributed by atoms with van der Waals surface area (Å²) in [7, 11) is 0. The summed E-state index contributed by atoms with van der Waals surface area (Å²) in [5.74, 6) is 0.651. The molecule has 0 amide bonds. The fourth-order valence-electron chi connectivity index (χ4n) is 6.90. The van der Waals surface area contributed by atoms with E-state index in [1.165, 1.54) is 0 Å². The van der Waals surface area contributed by atoms with Crippen molar-refractivity contribution in [2.24, 2.45) is 0 Å². The van der Waals surface area contributed by atoms with Crippen LogP contribution in [0.25, 0.3) is 88.4 Å². The largest absolute Gasteiger partial charge is 0.256 e. The molecule has 6 heteroatoms. The minimum Gasteiger partial charge on any atom is -0.256 e. The molecule has 6 nitrogen and oxygen atoms in total. The lowest BCUT2D eigenvalue weighted by Crippen LogP contribution is -1.96. The van der Waals surface area contributed by atoms with Crippen molar-refractivity contribution in [3.8, 4) is 57.0 Å². The third kappa shape index (κ3) is 4.80. The molecule has 0 atom stereocenters. The van der Waals surface area contributed by atoms with E-state index >= 15 is 0 Å². The summed E-state index contributed by atoms with van der Waals surface area (Å²) in [5.41, 5.74) is 9.82. The van der Waals surface area contributed by atoms with Gasteiger partial charge in [0.1, 0.15) is 0 Å². The standard InChI is InChI=1S/C44H24N6/c45-25-27-19-28(26-46)21-32(20-27)37-24-39-33-14-7-17-47-42(33)36(23-38(39)34-15-8-18-48-43(34)37)30-11-6-12-31(22-30)44-49-40-16-5-4-13-35(40)41(50-44)29-9-2-1-3-10-29/h1-24H. The second kappa shape index (κ2) is 11.8. The fraction of sp³-hybridized carbons (Fsp3) is 0. The molecule has 0 radical (unpaired) electrons. The summed E-state index contributed by atoms with van der Waals surface area (Å²) >= 11 is 0. The first-order valence-electron chi connectivity index (χ1n) is 16.2. The first-order chi connectivity index (χ1) is 24.7. The van der Waals surface area contributed by atoms with Crippen LogP contribution in [0.5, 0.6) is 0 Å². The van der Waals surface area contributed by atoms with Gasteiger partial charge in [0.15, 0.2) is 5.82 Å². The number of rotatable bonds is 4. The number of hydrogen-bond donors (Lipinski definition) is 0. The molecule has 0 aliphatic heterocycles. The number of benzene rings is 6. The zero-order chi connectivity index (χ0) is 33.6. The summed E-state index contributed by atoms with van der Waals surface area (Å²) in [4.78, 5) is 19.8. The molecule has 230 valence electrons. The van der Waals surface area contributed by atoms with Crippen LogP contribution in [0.4, 0.5) is 0 Å². The Hall–Kier alpha value is -7.28. The first kappa shape index (κ1) is 28.9. The van der Waals surface area contributed by atoms with E-state index in [1.54, 1.807) is 12.3 Å². The van der Waals surface area contributed by atoms with Crippen LogP contribution in [0.1, 0.15) is 11.1 Å². The van der Waals surface area contributed by atoms with Crippen LogP contribution in [-0.2, 0) is 0 Å². The van der Waals surface area contributed by atoms with Crippen LogP contribution in [0, 0.1) is 22.7 Å². The van der Waals surface area contributed by atoms with Gasteiger partial charge < -0.3 is 0 Å². The molecule has 3 heterocycles. The van der Waals surface area contributed by atoms with Gasteiger partial charge in [-0.3, -0.25) is 9.97 Å². The highest BCUT2D eigenvalue weighted by Crippen LogP contribution is 2.41. The Bertz CT molecular complexity index is 2870. The number of nitriles is 2. The zero-order valence-corrected chi connectivity index (χ0v) is 26.5. The minimum absolute atomic E-state index is 0.427. The van der Waals surface area contributed by atoms with Gasteiger partial charge in [-0.15, -0.1) is 0 Å². The Morgan fingerprint density at radius 1 is 0.420 bits per heavy atom. The van der Waals surface area contributed by atoms with Gasteiger partial charge in [0, 0.05) is 50.8 Å². The Morgan fingerprint density at radius 3 is 1.68 bits per heavy atom. The maximum atomic E-state index is 9.71. The summed E-state index contributed by atoms with van der Waals surface area (Å²) in [6, 6.07) is 48.7. The molecule has 3 aromatic heterocycles.